The number of aromatic nitrogens is 4. The Morgan fingerprint density at radius 1 is 0.182 bits per heavy atom. The molecule has 12 aromatic carbocycles. The summed E-state index contributed by atoms with van der Waals surface area (Å²) in [6.45, 7) is 0. The van der Waals surface area contributed by atoms with Gasteiger partial charge in [0.1, 0.15) is 0 Å². The van der Waals surface area contributed by atoms with Crippen LogP contribution in [0, 0.1) is 0 Å². The van der Waals surface area contributed by atoms with Crippen molar-refractivity contribution in [1.82, 2.24) is 18.3 Å². The molecule has 0 N–H and O–H groups in total. The summed E-state index contributed by atoms with van der Waals surface area (Å²) >= 11 is 0. The average Bonchev–Trinajstić information content (AvgIpc) is 4.23. The lowest BCUT2D eigenvalue weighted by atomic mass is 10.1. The third kappa shape index (κ3) is 6.32. The minimum Gasteiger partial charge on any atom is -0.309 e. The lowest BCUT2D eigenvalue weighted by molar-refractivity contribution is 1.16. The van der Waals surface area contributed by atoms with Crippen molar-refractivity contribution in [1.29, 1.82) is 0 Å². The van der Waals surface area contributed by atoms with Crippen molar-refractivity contribution in [2.45, 2.75) is 0 Å². The van der Waals surface area contributed by atoms with Gasteiger partial charge in [-0.3, -0.25) is 0 Å². The molecule has 16 aromatic rings. The molecule has 0 saturated heterocycles. The van der Waals surface area contributed by atoms with E-state index in [1.54, 1.807) is 0 Å². The van der Waals surface area contributed by atoms with Gasteiger partial charge in [0, 0.05) is 65.8 Å². The molecule has 0 aliphatic rings. The molecule has 4 nitrogen and oxygen atoms in total. The van der Waals surface area contributed by atoms with Crippen LogP contribution in [0.1, 0.15) is 0 Å². The summed E-state index contributed by atoms with van der Waals surface area (Å²) in [4.78, 5) is 0. The van der Waals surface area contributed by atoms with Crippen LogP contribution in [0.25, 0.3) is 110 Å². The molecule has 0 aliphatic heterocycles. The highest BCUT2D eigenvalue weighted by Crippen LogP contribution is 2.44. The number of hydrogen-bond donors (Lipinski definition) is 0. The van der Waals surface area contributed by atoms with Gasteiger partial charge in [-0.25, -0.2) is 0 Å². The minimum atomic E-state index is -2.78. The number of nitrogens with zero attached hydrogens (tertiary/aromatic N) is 4. The first-order valence-electron chi connectivity index (χ1n) is 26.6. The zero-order valence-electron chi connectivity index (χ0n) is 42.0. The molecule has 16 rings (SSSR count). The first kappa shape index (κ1) is 43.5. The van der Waals surface area contributed by atoms with Crippen LogP contribution in [0.3, 0.4) is 0 Å². The summed E-state index contributed by atoms with van der Waals surface area (Å²) in [6, 6.07) is 108. The highest BCUT2D eigenvalue weighted by molar-refractivity contribution is 7.19. The molecule has 0 radical (unpaired) electrons. The van der Waals surface area contributed by atoms with E-state index >= 15 is 0 Å². The summed E-state index contributed by atoms with van der Waals surface area (Å²) in [5.74, 6) is 0. The van der Waals surface area contributed by atoms with Crippen LogP contribution in [0.2, 0.25) is 0 Å². The van der Waals surface area contributed by atoms with Crippen molar-refractivity contribution < 1.29 is 0 Å². The quantitative estimate of drug-likeness (QED) is 0.107. The number of para-hydroxylation sites is 5. The minimum absolute atomic E-state index is 1.13. The second-order valence-corrected chi connectivity index (χ2v) is 24.2. The van der Waals surface area contributed by atoms with Crippen molar-refractivity contribution in [3.05, 3.63) is 291 Å². The summed E-state index contributed by atoms with van der Waals surface area (Å²) in [5.41, 5.74) is 14.1. The Labute approximate surface area is 445 Å². The van der Waals surface area contributed by atoms with E-state index in [9.17, 15) is 0 Å². The monoisotopic (exact) mass is 996 g/mol. The smallest absolute Gasteiger partial charge is 0.179 e. The Bertz CT molecular complexity index is 4870. The van der Waals surface area contributed by atoms with Crippen LogP contribution in [0.4, 0.5) is 0 Å². The van der Waals surface area contributed by atoms with Gasteiger partial charge in [-0.15, -0.1) is 0 Å². The van der Waals surface area contributed by atoms with E-state index in [2.05, 4.69) is 309 Å². The van der Waals surface area contributed by atoms with Gasteiger partial charge in [0.25, 0.3) is 0 Å². The van der Waals surface area contributed by atoms with E-state index in [0.717, 1.165) is 22.7 Å². The first-order valence-corrected chi connectivity index (χ1v) is 28.6. The Hall–Kier alpha value is -9.94. The van der Waals surface area contributed by atoms with E-state index < -0.39 is 8.07 Å². The van der Waals surface area contributed by atoms with Gasteiger partial charge in [-0.05, 0) is 118 Å². The van der Waals surface area contributed by atoms with Gasteiger partial charge in [-0.2, -0.15) is 0 Å². The van der Waals surface area contributed by atoms with Gasteiger partial charge < -0.3 is 18.3 Å². The van der Waals surface area contributed by atoms with Crippen molar-refractivity contribution in [2.24, 2.45) is 0 Å². The second kappa shape index (κ2) is 17.0. The summed E-state index contributed by atoms with van der Waals surface area (Å²) in [5, 5.41) is 15.4. The summed E-state index contributed by atoms with van der Waals surface area (Å²) in [7, 11) is -2.78. The normalized spacial score (nSPS) is 12.2. The molecule has 0 aliphatic carbocycles. The zero-order valence-corrected chi connectivity index (χ0v) is 43.0. The maximum atomic E-state index is 2.48. The lowest BCUT2D eigenvalue weighted by Gasteiger charge is -2.34. The molecular weight excluding hydrogens is 949 g/mol. The Morgan fingerprint density at radius 3 is 0.935 bits per heavy atom. The van der Waals surface area contributed by atoms with Gasteiger partial charge in [0.15, 0.2) is 8.07 Å². The SMILES string of the molecule is c1ccc(-n2c3ccccc3c3c4c5ccccc5n(-c5ccc6c(c5)c5ccccc5n6-c5ccc6c(c5)c5ccccc5n6-c5cccc([Si](c6ccccc6)(c6ccccc6)c6ccccc6)c5)c4ccc32)cc1. The highest BCUT2D eigenvalue weighted by atomic mass is 28.3. The maximum Gasteiger partial charge on any atom is 0.179 e. The van der Waals surface area contributed by atoms with Crippen LogP contribution >= 0.6 is 0 Å². The predicted octanol–water partition coefficient (Wildman–Crippen LogP) is 15.5. The van der Waals surface area contributed by atoms with E-state index in [1.807, 2.05) is 0 Å². The van der Waals surface area contributed by atoms with Crippen LogP contribution in [0.15, 0.2) is 291 Å². The Kier molecular flexibility index (Phi) is 9.62. The van der Waals surface area contributed by atoms with Gasteiger partial charge in [-0.1, -0.05) is 194 Å². The van der Waals surface area contributed by atoms with Gasteiger partial charge in [0.05, 0.1) is 44.1 Å². The fraction of sp³-hybridized carbons (Fsp3) is 0. The molecule has 360 valence electrons. The standard InChI is InChI=1S/C72H48N4Si/c1-5-22-49(23-6-1)73-65-38-19-15-34-59(65)71-69(73)44-45-70-72(71)60-35-16-20-39-66(60)76(70)52-41-43-68-62(48-52)58-33-14-18-37-64(58)75(68)51-40-42-67-61(47-51)57-32-13-17-36-63(57)74(67)50-24-21-31-56(46-50)77(53-25-7-2-8-26-53,54-27-9-3-10-28-54)55-29-11-4-12-30-55/h1-48H. The molecule has 77 heavy (non-hydrogen) atoms. The Morgan fingerprint density at radius 2 is 0.481 bits per heavy atom. The van der Waals surface area contributed by atoms with Gasteiger partial charge >= 0.3 is 0 Å². The summed E-state index contributed by atoms with van der Waals surface area (Å²) < 4.78 is 9.84. The summed E-state index contributed by atoms with van der Waals surface area (Å²) in [6.07, 6.45) is 0. The molecule has 4 heterocycles. The Balaban J connectivity index is 0.876. The van der Waals surface area contributed by atoms with Crippen molar-refractivity contribution >= 4 is 116 Å². The predicted molar refractivity (Wildman–Crippen MR) is 327 cm³/mol. The third-order valence-electron chi connectivity index (χ3n) is 16.5. The molecule has 0 bridgehead atoms. The van der Waals surface area contributed by atoms with E-state index in [0.29, 0.717) is 0 Å². The largest absolute Gasteiger partial charge is 0.309 e. The van der Waals surface area contributed by atoms with Crippen molar-refractivity contribution in [3.8, 4) is 22.7 Å². The first-order chi connectivity index (χ1) is 38.2. The molecule has 0 saturated carbocycles. The zero-order chi connectivity index (χ0) is 50.6. The third-order valence-corrected chi connectivity index (χ3v) is 21.2. The molecular formula is C72H48N4Si. The number of hydrogen-bond acceptors (Lipinski definition) is 0. The molecule has 0 fully saturated rings. The fourth-order valence-corrected chi connectivity index (χ4v) is 18.1. The lowest BCUT2D eigenvalue weighted by Crippen LogP contribution is -2.74. The number of fused-ring (bicyclic) bond motifs is 13. The van der Waals surface area contributed by atoms with E-state index in [1.165, 1.54) is 108 Å². The molecule has 5 heteroatoms. The van der Waals surface area contributed by atoms with Crippen LogP contribution in [0.5, 0.6) is 0 Å². The molecule has 4 aromatic heterocycles. The van der Waals surface area contributed by atoms with E-state index in [-0.39, 0.29) is 0 Å². The van der Waals surface area contributed by atoms with Crippen LogP contribution in [-0.4, -0.2) is 26.3 Å². The van der Waals surface area contributed by atoms with Crippen molar-refractivity contribution in [3.63, 3.8) is 0 Å². The second-order valence-electron chi connectivity index (χ2n) is 20.4. The van der Waals surface area contributed by atoms with Crippen molar-refractivity contribution in [2.75, 3.05) is 0 Å². The van der Waals surface area contributed by atoms with Crippen LogP contribution < -0.4 is 20.7 Å². The topological polar surface area (TPSA) is 19.7 Å². The van der Waals surface area contributed by atoms with Gasteiger partial charge in [0.2, 0.25) is 0 Å². The maximum absolute atomic E-state index is 2.78. The number of rotatable bonds is 8. The number of benzene rings is 12. The van der Waals surface area contributed by atoms with Crippen LogP contribution in [-0.2, 0) is 0 Å². The molecule has 0 atom stereocenters. The molecule has 0 spiro atoms. The molecule has 0 amide bonds. The fourth-order valence-electron chi connectivity index (χ4n) is 13.4. The highest BCUT2D eigenvalue weighted by Gasteiger charge is 2.41. The average molecular weight is 997 g/mol. The van der Waals surface area contributed by atoms with E-state index in [4.69, 9.17) is 0 Å². The molecule has 0 unspecified atom stereocenters.